The number of likely N-dealkylation sites (tertiary alicyclic amines) is 1. The van der Waals surface area contributed by atoms with Gasteiger partial charge >= 0.3 is 6.18 Å². The lowest BCUT2D eigenvalue weighted by atomic mass is 10.1. The predicted octanol–water partition coefficient (Wildman–Crippen LogP) is 1.42. The van der Waals surface area contributed by atoms with Crippen molar-refractivity contribution in [1.82, 2.24) is 20.2 Å². The molecule has 0 spiro atoms. The summed E-state index contributed by atoms with van der Waals surface area (Å²) in [4.78, 5) is 32.1. The maximum absolute atomic E-state index is 12.4. The van der Waals surface area contributed by atoms with Gasteiger partial charge in [0.2, 0.25) is 0 Å². The van der Waals surface area contributed by atoms with Crippen molar-refractivity contribution in [3.8, 4) is 0 Å². The maximum atomic E-state index is 12.4. The molecule has 0 radical (unpaired) electrons. The number of nitrogens with one attached hydrogen (secondary N) is 2. The summed E-state index contributed by atoms with van der Waals surface area (Å²) in [5, 5.41) is 2.77. The Kier molecular flexibility index (Phi) is 4.86. The number of rotatable bonds is 4. The summed E-state index contributed by atoms with van der Waals surface area (Å²) in [6.07, 6.45) is -3.37. The molecule has 0 unspecified atom stereocenters. The number of alkyl halides is 3. The van der Waals surface area contributed by atoms with Crippen LogP contribution in [0.5, 0.6) is 0 Å². The maximum Gasteiger partial charge on any atom is 0.401 e. The van der Waals surface area contributed by atoms with Crippen molar-refractivity contribution in [2.45, 2.75) is 25.1 Å². The molecular formula is C16H18F3N5O2. The predicted molar refractivity (Wildman–Crippen MR) is 87.6 cm³/mol. The second-order valence-corrected chi connectivity index (χ2v) is 6.29. The fourth-order valence-corrected chi connectivity index (χ4v) is 3.08. The number of nitrogens with zero attached hydrogens (tertiary/aromatic N) is 2. The van der Waals surface area contributed by atoms with Gasteiger partial charge in [-0.15, -0.1) is 0 Å². The van der Waals surface area contributed by atoms with Crippen LogP contribution in [0.4, 0.5) is 13.2 Å². The van der Waals surface area contributed by atoms with Gasteiger partial charge in [-0.1, -0.05) is 6.07 Å². The van der Waals surface area contributed by atoms with Crippen LogP contribution in [0.2, 0.25) is 0 Å². The van der Waals surface area contributed by atoms with E-state index >= 15 is 0 Å². The lowest BCUT2D eigenvalue weighted by Crippen LogP contribution is -2.47. The van der Waals surface area contributed by atoms with E-state index in [0.717, 1.165) is 0 Å². The van der Waals surface area contributed by atoms with Crippen LogP contribution in [-0.4, -0.2) is 58.5 Å². The summed E-state index contributed by atoms with van der Waals surface area (Å²) in [6.45, 7) is -0.417. The van der Waals surface area contributed by atoms with Gasteiger partial charge in [0.1, 0.15) is 5.52 Å². The van der Waals surface area contributed by atoms with Gasteiger partial charge in [0.25, 0.3) is 11.8 Å². The molecule has 0 saturated carbocycles. The summed E-state index contributed by atoms with van der Waals surface area (Å²) in [5.41, 5.74) is 6.32. The first-order valence-corrected chi connectivity index (χ1v) is 8.11. The van der Waals surface area contributed by atoms with Crippen LogP contribution in [0.25, 0.3) is 11.0 Å². The van der Waals surface area contributed by atoms with E-state index in [2.05, 4.69) is 15.3 Å². The van der Waals surface area contributed by atoms with Crippen LogP contribution in [0.15, 0.2) is 18.2 Å². The standard InChI is InChI=1S/C16H18F3N5O2/c17-16(18,19)8-24-6-4-9(5-7-24)21-15(26)14-22-11-3-1-2-10(13(20)25)12(11)23-14/h1-3,9H,4-8H2,(H2,20,25)(H,21,26)(H,22,23). The number of imidazole rings is 1. The second kappa shape index (κ2) is 6.94. The molecule has 1 aromatic heterocycles. The molecule has 2 heterocycles. The van der Waals surface area contributed by atoms with Gasteiger partial charge in [0, 0.05) is 19.1 Å². The lowest BCUT2D eigenvalue weighted by molar-refractivity contribution is -0.148. The van der Waals surface area contributed by atoms with Gasteiger partial charge in [-0.2, -0.15) is 13.2 Å². The number of halogens is 3. The van der Waals surface area contributed by atoms with E-state index in [9.17, 15) is 22.8 Å². The van der Waals surface area contributed by atoms with Gasteiger partial charge < -0.3 is 16.0 Å². The molecule has 3 rings (SSSR count). The van der Waals surface area contributed by atoms with Crippen molar-refractivity contribution in [3.05, 3.63) is 29.6 Å². The van der Waals surface area contributed by atoms with Crippen LogP contribution < -0.4 is 11.1 Å². The third-order valence-electron chi connectivity index (χ3n) is 4.32. The highest BCUT2D eigenvalue weighted by molar-refractivity contribution is 6.05. The van der Waals surface area contributed by atoms with Crippen molar-refractivity contribution in [2.75, 3.05) is 19.6 Å². The Hall–Kier alpha value is -2.62. The Morgan fingerprint density at radius 3 is 2.62 bits per heavy atom. The van der Waals surface area contributed by atoms with E-state index in [1.165, 1.54) is 11.0 Å². The number of hydrogen-bond donors (Lipinski definition) is 3. The van der Waals surface area contributed by atoms with Crippen LogP contribution in [-0.2, 0) is 0 Å². The zero-order chi connectivity index (χ0) is 18.9. The number of amides is 2. The Balaban J connectivity index is 1.63. The molecular weight excluding hydrogens is 351 g/mol. The first-order chi connectivity index (χ1) is 12.2. The number of aromatic nitrogens is 2. The first kappa shape index (κ1) is 18.2. The molecule has 4 N–H and O–H groups in total. The summed E-state index contributed by atoms with van der Waals surface area (Å²) < 4.78 is 37.2. The van der Waals surface area contributed by atoms with E-state index in [4.69, 9.17) is 5.73 Å². The van der Waals surface area contributed by atoms with Gasteiger partial charge in [-0.25, -0.2) is 4.98 Å². The molecule has 1 fully saturated rings. The molecule has 1 aliphatic heterocycles. The summed E-state index contributed by atoms with van der Waals surface area (Å²) >= 11 is 0. The van der Waals surface area contributed by atoms with Crippen molar-refractivity contribution in [1.29, 1.82) is 0 Å². The number of nitrogens with two attached hydrogens (primary N) is 1. The van der Waals surface area contributed by atoms with Crippen LogP contribution in [0.1, 0.15) is 33.8 Å². The smallest absolute Gasteiger partial charge is 0.366 e. The van der Waals surface area contributed by atoms with Gasteiger partial charge in [-0.05, 0) is 25.0 Å². The lowest BCUT2D eigenvalue weighted by Gasteiger charge is -2.32. The highest BCUT2D eigenvalue weighted by Gasteiger charge is 2.33. The Bertz CT molecular complexity index is 825. The Morgan fingerprint density at radius 1 is 1.31 bits per heavy atom. The zero-order valence-electron chi connectivity index (χ0n) is 13.8. The van der Waals surface area contributed by atoms with Crippen LogP contribution in [0.3, 0.4) is 0 Å². The Morgan fingerprint density at radius 2 is 2.00 bits per heavy atom. The average Bonchev–Trinajstić information content (AvgIpc) is 2.99. The van der Waals surface area contributed by atoms with E-state index in [-0.39, 0.29) is 30.5 Å². The monoisotopic (exact) mass is 369 g/mol. The van der Waals surface area contributed by atoms with Crippen molar-refractivity contribution in [3.63, 3.8) is 0 Å². The third-order valence-corrected chi connectivity index (χ3v) is 4.32. The van der Waals surface area contributed by atoms with Crippen LogP contribution in [0, 0.1) is 0 Å². The summed E-state index contributed by atoms with van der Waals surface area (Å²) in [7, 11) is 0. The molecule has 1 saturated heterocycles. The van der Waals surface area contributed by atoms with E-state index in [0.29, 0.717) is 23.9 Å². The molecule has 1 aliphatic rings. The molecule has 0 aliphatic carbocycles. The number of hydrogen-bond acceptors (Lipinski definition) is 4. The minimum Gasteiger partial charge on any atom is -0.366 e. The molecule has 140 valence electrons. The largest absolute Gasteiger partial charge is 0.401 e. The topological polar surface area (TPSA) is 104 Å². The number of piperidine rings is 1. The van der Waals surface area contributed by atoms with E-state index in [1.807, 2.05) is 0 Å². The van der Waals surface area contributed by atoms with Crippen LogP contribution >= 0.6 is 0 Å². The molecule has 0 bridgehead atoms. The van der Waals surface area contributed by atoms with Crippen molar-refractivity contribution >= 4 is 22.8 Å². The SMILES string of the molecule is NC(=O)c1cccc2[nH]c(C(=O)NC3CCN(CC(F)(F)F)CC3)nc12. The highest BCUT2D eigenvalue weighted by atomic mass is 19.4. The number of primary amides is 1. The fraction of sp³-hybridized carbons (Fsp3) is 0.438. The molecule has 7 nitrogen and oxygen atoms in total. The molecule has 1 aromatic carbocycles. The number of para-hydroxylation sites is 1. The average molecular weight is 369 g/mol. The zero-order valence-corrected chi connectivity index (χ0v) is 13.8. The van der Waals surface area contributed by atoms with Gasteiger partial charge in [-0.3, -0.25) is 14.5 Å². The highest BCUT2D eigenvalue weighted by Crippen LogP contribution is 2.20. The Labute approximate surface area is 146 Å². The second-order valence-electron chi connectivity index (χ2n) is 6.29. The van der Waals surface area contributed by atoms with E-state index < -0.39 is 24.5 Å². The number of benzene rings is 1. The third kappa shape index (κ3) is 4.13. The van der Waals surface area contributed by atoms with Gasteiger partial charge in [0.05, 0.1) is 17.6 Å². The van der Waals surface area contributed by atoms with Crippen molar-refractivity contribution < 1.29 is 22.8 Å². The number of aromatic amines is 1. The minimum absolute atomic E-state index is 0.0337. The number of H-pyrrole nitrogens is 1. The quantitative estimate of drug-likeness (QED) is 0.758. The molecule has 2 aromatic rings. The first-order valence-electron chi connectivity index (χ1n) is 8.11. The molecule has 26 heavy (non-hydrogen) atoms. The summed E-state index contributed by atoms with van der Waals surface area (Å²) in [6, 6.07) is 4.58. The number of fused-ring (bicyclic) bond motifs is 1. The fourth-order valence-electron chi connectivity index (χ4n) is 3.08. The molecule has 2 amide bonds. The van der Waals surface area contributed by atoms with E-state index in [1.54, 1.807) is 12.1 Å². The number of carbonyl (C=O) groups is 2. The normalized spacial score (nSPS) is 16.7. The minimum atomic E-state index is -4.22. The molecule has 10 heteroatoms. The number of carbonyl (C=O) groups excluding carboxylic acids is 2. The van der Waals surface area contributed by atoms with Crippen molar-refractivity contribution in [2.24, 2.45) is 5.73 Å². The van der Waals surface area contributed by atoms with Gasteiger partial charge in [0.15, 0.2) is 5.82 Å². The summed E-state index contributed by atoms with van der Waals surface area (Å²) in [5.74, 6) is -1.08. The molecule has 0 atom stereocenters.